The minimum atomic E-state index is -4.45. The van der Waals surface area contributed by atoms with E-state index in [0.717, 1.165) is 31.9 Å². The van der Waals surface area contributed by atoms with Crippen molar-refractivity contribution in [2.24, 2.45) is 11.3 Å². The number of halogens is 3. The number of rotatable bonds is 5. The van der Waals surface area contributed by atoms with Crippen molar-refractivity contribution in [2.45, 2.75) is 45.2 Å². The Morgan fingerprint density at radius 3 is 2.60 bits per heavy atom. The first-order chi connectivity index (χ1) is 11.8. The monoisotopic (exact) mass is 357 g/mol. The van der Waals surface area contributed by atoms with Crippen LogP contribution in [0.1, 0.15) is 44.0 Å². The molecule has 1 spiro atoms. The van der Waals surface area contributed by atoms with Gasteiger partial charge in [-0.3, -0.25) is 4.98 Å². The summed E-state index contributed by atoms with van der Waals surface area (Å²) in [6, 6.07) is 0. The van der Waals surface area contributed by atoms with Crippen molar-refractivity contribution in [2.75, 3.05) is 19.7 Å². The lowest BCUT2D eigenvalue weighted by molar-refractivity contribution is -0.141. The molecule has 0 atom stereocenters. The van der Waals surface area contributed by atoms with E-state index in [4.69, 9.17) is 4.74 Å². The Bertz CT molecular complexity index is 605. The molecular formula is C17H22F3N3O2. The molecule has 0 bridgehead atoms. The Labute approximate surface area is 144 Å². The number of unbranched alkanes of at least 4 members (excludes halogenated alkanes) is 1. The van der Waals surface area contributed by atoms with Crippen molar-refractivity contribution in [1.29, 1.82) is 0 Å². The van der Waals surface area contributed by atoms with Crippen molar-refractivity contribution in [3.63, 3.8) is 0 Å². The topological polar surface area (TPSA) is 55.3 Å². The highest BCUT2D eigenvalue weighted by Crippen LogP contribution is 2.52. The molecule has 1 aliphatic heterocycles. The van der Waals surface area contributed by atoms with Gasteiger partial charge in [0.05, 0.1) is 18.5 Å². The molecule has 138 valence electrons. The number of carbonyl (C=O) groups excluding carboxylic acids is 1. The highest BCUT2D eigenvalue weighted by molar-refractivity contribution is 5.69. The minimum absolute atomic E-state index is 0.174. The number of hydrogen-bond donors (Lipinski definition) is 0. The Kier molecular flexibility index (Phi) is 4.88. The first-order valence-corrected chi connectivity index (χ1v) is 8.61. The number of ether oxygens (including phenoxy) is 1. The second-order valence-electron chi connectivity index (χ2n) is 7.19. The van der Waals surface area contributed by atoms with Gasteiger partial charge in [0.15, 0.2) is 5.69 Å². The largest absolute Gasteiger partial charge is 0.449 e. The van der Waals surface area contributed by atoms with Crippen LogP contribution in [-0.2, 0) is 17.3 Å². The van der Waals surface area contributed by atoms with Crippen molar-refractivity contribution in [3.8, 4) is 0 Å². The maximum Gasteiger partial charge on any atom is 0.434 e. The van der Waals surface area contributed by atoms with Crippen LogP contribution in [0, 0.1) is 11.3 Å². The maximum absolute atomic E-state index is 12.5. The summed E-state index contributed by atoms with van der Waals surface area (Å²) in [6.07, 6.45) is 1.75. The summed E-state index contributed by atoms with van der Waals surface area (Å²) < 4.78 is 42.6. The molecule has 0 aromatic carbocycles. The number of aromatic nitrogens is 2. The molecule has 2 heterocycles. The minimum Gasteiger partial charge on any atom is -0.449 e. The SMILES string of the molecule is CCCCOC(=O)N1CC2(CC(Cc3cnc(C(F)(F)F)cn3)C2)C1. The van der Waals surface area contributed by atoms with E-state index < -0.39 is 11.9 Å². The zero-order chi connectivity index (χ0) is 18.1. The molecule has 2 aliphatic rings. The summed E-state index contributed by atoms with van der Waals surface area (Å²) in [4.78, 5) is 20.9. The quantitative estimate of drug-likeness (QED) is 0.754. The van der Waals surface area contributed by atoms with Crippen LogP contribution < -0.4 is 0 Å². The van der Waals surface area contributed by atoms with Gasteiger partial charge in [-0.25, -0.2) is 9.78 Å². The molecule has 8 heteroatoms. The molecule has 0 N–H and O–H groups in total. The van der Waals surface area contributed by atoms with Gasteiger partial charge in [-0.2, -0.15) is 13.2 Å². The standard InChI is InChI=1S/C17H22F3N3O2/c1-2-3-4-25-15(24)23-10-16(11-23)6-12(7-16)5-13-8-22-14(9-21-13)17(18,19)20/h8-9,12H,2-7,10-11H2,1H3. The predicted octanol–water partition coefficient (Wildman–Crippen LogP) is 3.69. The number of carbonyl (C=O) groups is 1. The van der Waals surface area contributed by atoms with Crippen LogP contribution in [0.2, 0.25) is 0 Å². The van der Waals surface area contributed by atoms with E-state index in [0.29, 0.717) is 37.7 Å². The second-order valence-corrected chi connectivity index (χ2v) is 7.19. The van der Waals surface area contributed by atoms with Gasteiger partial charge in [-0.1, -0.05) is 13.3 Å². The number of likely N-dealkylation sites (tertiary alicyclic amines) is 1. The van der Waals surface area contributed by atoms with Gasteiger partial charge >= 0.3 is 12.3 Å². The van der Waals surface area contributed by atoms with Crippen molar-refractivity contribution >= 4 is 6.09 Å². The van der Waals surface area contributed by atoms with E-state index in [9.17, 15) is 18.0 Å². The van der Waals surface area contributed by atoms with E-state index in [2.05, 4.69) is 9.97 Å². The average molecular weight is 357 g/mol. The van der Waals surface area contributed by atoms with E-state index >= 15 is 0 Å². The highest BCUT2D eigenvalue weighted by atomic mass is 19.4. The molecule has 1 saturated carbocycles. The van der Waals surface area contributed by atoms with Gasteiger partial charge in [-0.15, -0.1) is 0 Å². The smallest absolute Gasteiger partial charge is 0.434 e. The average Bonchev–Trinajstić information content (AvgIpc) is 2.48. The van der Waals surface area contributed by atoms with E-state index in [1.807, 2.05) is 6.92 Å². The van der Waals surface area contributed by atoms with Gasteiger partial charge in [0.2, 0.25) is 0 Å². The molecular weight excluding hydrogens is 335 g/mol. The highest BCUT2D eigenvalue weighted by Gasteiger charge is 2.53. The normalized spacial score (nSPS) is 19.4. The lowest BCUT2D eigenvalue weighted by Gasteiger charge is -2.58. The molecule has 5 nitrogen and oxygen atoms in total. The molecule has 0 radical (unpaired) electrons. The van der Waals surface area contributed by atoms with Crippen LogP contribution in [0.25, 0.3) is 0 Å². The molecule has 25 heavy (non-hydrogen) atoms. The van der Waals surface area contributed by atoms with E-state index in [1.165, 1.54) is 6.20 Å². The zero-order valence-corrected chi connectivity index (χ0v) is 14.2. The molecule has 1 aromatic rings. The summed E-state index contributed by atoms with van der Waals surface area (Å²) in [5.41, 5.74) is -0.200. The van der Waals surface area contributed by atoms with E-state index in [1.54, 1.807) is 4.90 Å². The van der Waals surface area contributed by atoms with Crippen molar-refractivity contribution in [3.05, 3.63) is 23.8 Å². The Morgan fingerprint density at radius 2 is 2.04 bits per heavy atom. The first-order valence-electron chi connectivity index (χ1n) is 8.61. The van der Waals surface area contributed by atoms with E-state index in [-0.39, 0.29) is 11.5 Å². The van der Waals surface area contributed by atoms with Crippen molar-refractivity contribution < 1.29 is 22.7 Å². The fraction of sp³-hybridized carbons (Fsp3) is 0.706. The fourth-order valence-electron chi connectivity index (χ4n) is 3.76. The van der Waals surface area contributed by atoms with Gasteiger partial charge in [0, 0.05) is 24.7 Å². The van der Waals surface area contributed by atoms with Crippen LogP contribution in [-0.4, -0.2) is 40.7 Å². The Morgan fingerprint density at radius 1 is 1.32 bits per heavy atom. The maximum atomic E-state index is 12.5. The van der Waals surface area contributed by atoms with Crippen LogP contribution >= 0.6 is 0 Å². The third-order valence-electron chi connectivity index (χ3n) is 4.97. The molecule has 1 aromatic heterocycles. The molecule has 0 unspecified atom stereocenters. The molecule has 1 aliphatic carbocycles. The second kappa shape index (κ2) is 6.80. The first kappa shape index (κ1) is 17.9. The molecule has 2 fully saturated rings. The van der Waals surface area contributed by atoms with Crippen LogP contribution in [0.3, 0.4) is 0 Å². The molecule has 1 saturated heterocycles. The number of alkyl halides is 3. The van der Waals surface area contributed by atoms with Crippen LogP contribution in [0.4, 0.5) is 18.0 Å². The zero-order valence-electron chi connectivity index (χ0n) is 14.2. The van der Waals surface area contributed by atoms with Gasteiger partial charge in [0.25, 0.3) is 0 Å². The third-order valence-corrected chi connectivity index (χ3v) is 4.97. The van der Waals surface area contributed by atoms with Gasteiger partial charge < -0.3 is 9.64 Å². The summed E-state index contributed by atoms with van der Waals surface area (Å²) >= 11 is 0. The summed E-state index contributed by atoms with van der Waals surface area (Å²) in [5.74, 6) is 0.393. The lowest BCUT2D eigenvalue weighted by Crippen LogP contribution is -2.64. The fourth-order valence-corrected chi connectivity index (χ4v) is 3.76. The van der Waals surface area contributed by atoms with Crippen LogP contribution in [0.15, 0.2) is 12.4 Å². The third kappa shape index (κ3) is 4.04. The van der Waals surface area contributed by atoms with Gasteiger partial charge in [-0.05, 0) is 31.6 Å². The Balaban J connectivity index is 1.40. The molecule has 1 amide bonds. The number of nitrogens with zero attached hydrogens (tertiary/aromatic N) is 3. The Hall–Kier alpha value is -1.86. The molecule has 3 rings (SSSR count). The van der Waals surface area contributed by atoms with Crippen LogP contribution in [0.5, 0.6) is 0 Å². The number of amides is 1. The van der Waals surface area contributed by atoms with Crippen molar-refractivity contribution in [1.82, 2.24) is 14.9 Å². The summed E-state index contributed by atoms with van der Waals surface area (Å²) in [6.45, 7) is 3.94. The lowest BCUT2D eigenvalue weighted by atomic mass is 9.57. The summed E-state index contributed by atoms with van der Waals surface area (Å²) in [5, 5.41) is 0. The number of hydrogen-bond acceptors (Lipinski definition) is 4. The van der Waals surface area contributed by atoms with Gasteiger partial charge in [0.1, 0.15) is 0 Å². The predicted molar refractivity (Wildman–Crippen MR) is 83.7 cm³/mol. The summed E-state index contributed by atoms with van der Waals surface area (Å²) in [7, 11) is 0.